The smallest absolute Gasteiger partial charge is 0.326 e. The van der Waals surface area contributed by atoms with Gasteiger partial charge in [0, 0.05) is 19.8 Å². The van der Waals surface area contributed by atoms with Gasteiger partial charge in [0.05, 0.1) is 0 Å². The van der Waals surface area contributed by atoms with Gasteiger partial charge in [0.2, 0.25) is 11.8 Å². The zero-order chi connectivity index (χ0) is 20.7. The molecule has 0 saturated carbocycles. The van der Waals surface area contributed by atoms with Crippen LogP contribution in [0.3, 0.4) is 0 Å². The summed E-state index contributed by atoms with van der Waals surface area (Å²) in [6.07, 6.45) is -0.213. The van der Waals surface area contributed by atoms with Crippen LogP contribution in [-0.2, 0) is 27.2 Å². The molecule has 2 rings (SSSR count). The number of hydrogen-bond acceptors (Lipinski definition) is 3. The predicted molar refractivity (Wildman–Crippen MR) is 97.4 cm³/mol. The summed E-state index contributed by atoms with van der Waals surface area (Å²) >= 11 is 0. The maximum absolute atomic E-state index is 13.8. The van der Waals surface area contributed by atoms with Gasteiger partial charge >= 0.3 is 5.97 Å². The Kier molecular flexibility index (Phi) is 7.20. The molecule has 2 amide bonds. The molecule has 0 aliphatic carbocycles. The second-order valence-corrected chi connectivity index (χ2v) is 6.28. The number of carbonyl (C=O) groups excluding carboxylic acids is 2. The molecule has 3 N–H and O–H groups in total. The van der Waals surface area contributed by atoms with Crippen molar-refractivity contribution in [1.29, 1.82) is 0 Å². The van der Waals surface area contributed by atoms with Crippen molar-refractivity contribution in [1.82, 2.24) is 10.6 Å². The van der Waals surface area contributed by atoms with E-state index in [2.05, 4.69) is 10.6 Å². The van der Waals surface area contributed by atoms with Gasteiger partial charge in [-0.1, -0.05) is 30.3 Å². The largest absolute Gasteiger partial charge is 0.480 e. The van der Waals surface area contributed by atoms with Gasteiger partial charge < -0.3 is 15.7 Å². The summed E-state index contributed by atoms with van der Waals surface area (Å²) in [6, 6.07) is 8.59. The fourth-order valence-electron chi connectivity index (χ4n) is 2.67. The van der Waals surface area contributed by atoms with Crippen molar-refractivity contribution in [2.24, 2.45) is 0 Å². The van der Waals surface area contributed by atoms with Crippen molar-refractivity contribution in [3.8, 4) is 0 Å². The van der Waals surface area contributed by atoms with E-state index >= 15 is 0 Å². The molecule has 0 saturated heterocycles. The van der Waals surface area contributed by atoms with Crippen LogP contribution in [0.5, 0.6) is 0 Å². The zero-order valence-electron chi connectivity index (χ0n) is 15.1. The summed E-state index contributed by atoms with van der Waals surface area (Å²) in [6.45, 7) is 1.22. The van der Waals surface area contributed by atoms with Gasteiger partial charge in [-0.15, -0.1) is 0 Å². The normalized spacial score (nSPS) is 12.7. The first-order valence-electron chi connectivity index (χ1n) is 8.54. The number of hydrogen-bond donors (Lipinski definition) is 3. The van der Waals surface area contributed by atoms with Crippen LogP contribution >= 0.6 is 0 Å². The molecular formula is C20H20F2N2O4. The van der Waals surface area contributed by atoms with Crippen molar-refractivity contribution >= 4 is 17.8 Å². The van der Waals surface area contributed by atoms with Crippen LogP contribution in [0.2, 0.25) is 0 Å². The number of carbonyl (C=O) groups is 3. The molecule has 0 unspecified atom stereocenters. The fourth-order valence-corrected chi connectivity index (χ4v) is 2.67. The Morgan fingerprint density at radius 1 is 0.929 bits per heavy atom. The highest BCUT2D eigenvalue weighted by molar-refractivity contribution is 5.90. The highest BCUT2D eigenvalue weighted by Gasteiger charge is 2.27. The lowest BCUT2D eigenvalue weighted by molar-refractivity contribution is -0.142. The Balaban J connectivity index is 2.14. The molecule has 28 heavy (non-hydrogen) atoms. The van der Waals surface area contributed by atoms with Gasteiger partial charge in [0.1, 0.15) is 23.7 Å². The molecule has 0 spiro atoms. The molecule has 0 aliphatic rings. The molecule has 0 fully saturated rings. The van der Waals surface area contributed by atoms with E-state index in [9.17, 15) is 28.3 Å². The number of carboxylic acid groups (broad SMARTS) is 1. The third kappa shape index (κ3) is 6.15. The van der Waals surface area contributed by atoms with Crippen molar-refractivity contribution < 1.29 is 28.3 Å². The quantitative estimate of drug-likeness (QED) is 0.641. The van der Waals surface area contributed by atoms with E-state index in [1.807, 2.05) is 0 Å². The number of rotatable bonds is 8. The number of amides is 2. The molecule has 6 nitrogen and oxygen atoms in total. The summed E-state index contributed by atoms with van der Waals surface area (Å²) in [5, 5.41) is 14.2. The van der Waals surface area contributed by atoms with Crippen LogP contribution in [0, 0.1) is 11.6 Å². The van der Waals surface area contributed by atoms with Crippen LogP contribution < -0.4 is 10.6 Å². The molecule has 2 aromatic carbocycles. The maximum Gasteiger partial charge on any atom is 0.326 e. The SMILES string of the molecule is CC(=O)N[C@@H](Cc1ccc(F)cc1)C(=O)N[C@H](Cc1ccccc1F)C(=O)O. The second-order valence-electron chi connectivity index (χ2n) is 6.28. The number of nitrogens with one attached hydrogen (secondary N) is 2. The lowest BCUT2D eigenvalue weighted by atomic mass is 10.0. The topological polar surface area (TPSA) is 95.5 Å². The number of halogens is 2. The number of benzene rings is 2. The van der Waals surface area contributed by atoms with Crippen LogP contribution in [0.15, 0.2) is 48.5 Å². The first-order chi connectivity index (χ1) is 13.3. The lowest BCUT2D eigenvalue weighted by Gasteiger charge is -2.21. The lowest BCUT2D eigenvalue weighted by Crippen LogP contribution is -2.52. The fraction of sp³-hybridized carbons (Fsp3) is 0.250. The molecule has 0 bridgehead atoms. The van der Waals surface area contributed by atoms with Crippen molar-refractivity contribution in [3.63, 3.8) is 0 Å². The minimum atomic E-state index is -1.38. The van der Waals surface area contributed by atoms with Gasteiger partial charge in [-0.25, -0.2) is 13.6 Å². The first kappa shape index (κ1) is 21.0. The van der Waals surface area contributed by atoms with E-state index in [0.29, 0.717) is 5.56 Å². The summed E-state index contributed by atoms with van der Waals surface area (Å²) in [4.78, 5) is 35.5. The Hall–Kier alpha value is -3.29. The van der Waals surface area contributed by atoms with Gasteiger partial charge in [-0.3, -0.25) is 9.59 Å². The van der Waals surface area contributed by atoms with Crippen LogP contribution in [0.25, 0.3) is 0 Å². The van der Waals surface area contributed by atoms with E-state index < -0.39 is 41.5 Å². The van der Waals surface area contributed by atoms with E-state index in [1.54, 1.807) is 6.07 Å². The summed E-state index contributed by atoms with van der Waals surface area (Å²) < 4.78 is 26.9. The number of aliphatic carboxylic acids is 1. The first-order valence-corrected chi connectivity index (χ1v) is 8.54. The number of carboxylic acids is 1. The van der Waals surface area contributed by atoms with Gasteiger partial charge in [0.25, 0.3) is 0 Å². The zero-order valence-corrected chi connectivity index (χ0v) is 15.1. The van der Waals surface area contributed by atoms with Crippen LogP contribution in [0.1, 0.15) is 18.1 Å². The Bertz CT molecular complexity index is 856. The van der Waals surface area contributed by atoms with E-state index in [-0.39, 0.29) is 18.4 Å². The summed E-state index contributed by atoms with van der Waals surface area (Å²) in [5.74, 6) is -3.57. The Labute approximate surface area is 160 Å². The van der Waals surface area contributed by atoms with E-state index in [0.717, 1.165) is 0 Å². The minimum absolute atomic E-state index is 0.0394. The highest BCUT2D eigenvalue weighted by Crippen LogP contribution is 2.11. The highest BCUT2D eigenvalue weighted by atomic mass is 19.1. The maximum atomic E-state index is 13.8. The van der Waals surface area contributed by atoms with E-state index in [4.69, 9.17) is 0 Å². The van der Waals surface area contributed by atoms with Gasteiger partial charge in [-0.2, -0.15) is 0 Å². The molecule has 2 atom stereocenters. The predicted octanol–water partition coefficient (Wildman–Crippen LogP) is 1.82. The van der Waals surface area contributed by atoms with Crippen LogP contribution in [0.4, 0.5) is 8.78 Å². The summed E-state index contributed by atoms with van der Waals surface area (Å²) in [7, 11) is 0. The Morgan fingerprint density at radius 2 is 1.57 bits per heavy atom. The molecule has 0 aliphatic heterocycles. The van der Waals surface area contributed by atoms with Crippen molar-refractivity contribution in [2.45, 2.75) is 31.8 Å². The standard InChI is InChI=1S/C20H20F2N2O4/c1-12(25)23-17(10-13-6-8-15(21)9-7-13)19(26)24-18(20(27)28)11-14-4-2-3-5-16(14)22/h2-9,17-18H,10-11H2,1H3,(H,23,25)(H,24,26)(H,27,28)/t17-,18+/m0/s1. The minimum Gasteiger partial charge on any atom is -0.480 e. The van der Waals surface area contributed by atoms with E-state index in [1.165, 1.54) is 49.4 Å². The third-order valence-electron chi connectivity index (χ3n) is 4.04. The molecule has 0 aromatic heterocycles. The average molecular weight is 390 g/mol. The van der Waals surface area contributed by atoms with Gasteiger partial charge in [-0.05, 0) is 29.3 Å². The van der Waals surface area contributed by atoms with Gasteiger partial charge in [0.15, 0.2) is 0 Å². The van der Waals surface area contributed by atoms with Crippen LogP contribution in [-0.4, -0.2) is 35.0 Å². The monoisotopic (exact) mass is 390 g/mol. The second kappa shape index (κ2) is 9.59. The molecule has 0 heterocycles. The molecule has 148 valence electrons. The summed E-state index contributed by atoms with van der Waals surface area (Å²) in [5.41, 5.74) is 0.723. The van der Waals surface area contributed by atoms with Crippen molar-refractivity contribution in [3.05, 3.63) is 71.3 Å². The van der Waals surface area contributed by atoms with Crippen molar-refractivity contribution in [2.75, 3.05) is 0 Å². The average Bonchev–Trinajstić information content (AvgIpc) is 2.63. The third-order valence-corrected chi connectivity index (χ3v) is 4.04. The molecule has 2 aromatic rings. The molecule has 8 heteroatoms. The Morgan fingerprint density at radius 3 is 2.14 bits per heavy atom. The molecule has 0 radical (unpaired) electrons. The molecular weight excluding hydrogens is 370 g/mol.